The van der Waals surface area contributed by atoms with Crippen molar-refractivity contribution in [3.05, 3.63) is 70.9 Å². The van der Waals surface area contributed by atoms with Gasteiger partial charge in [-0.15, -0.1) is 0 Å². The van der Waals surface area contributed by atoms with Gasteiger partial charge in [-0.05, 0) is 41.5 Å². The number of nitrogens with zero attached hydrogens (tertiary/aromatic N) is 1. The molecule has 0 aliphatic carbocycles. The summed E-state index contributed by atoms with van der Waals surface area (Å²) in [5, 5.41) is 4.94. The number of rotatable bonds is 7. The van der Waals surface area contributed by atoms with Gasteiger partial charge >= 0.3 is 5.97 Å². The fourth-order valence-corrected chi connectivity index (χ4v) is 6.11. The lowest BCUT2D eigenvalue weighted by Gasteiger charge is -2.50. The van der Waals surface area contributed by atoms with Gasteiger partial charge in [0.2, 0.25) is 0 Å². The maximum Gasteiger partial charge on any atom is 0.323 e. The van der Waals surface area contributed by atoms with Crippen molar-refractivity contribution in [3.8, 4) is 0 Å². The van der Waals surface area contributed by atoms with Crippen molar-refractivity contribution in [2.24, 2.45) is 0 Å². The number of hydrogen-bond donors (Lipinski definition) is 2. The third kappa shape index (κ3) is 4.51. The van der Waals surface area contributed by atoms with Gasteiger partial charge in [-0.1, -0.05) is 56.3 Å². The van der Waals surface area contributed by atoms with Gasteiger partial charge in [-0.25, -0.2) is 0 Å². The molecule has 0 unspecified atom stereocenters. The quantitative estimate of drug-likeness (QED) is 0.377. The van der Waals surface area contributed by atoms with Crippen molar-refractivity contribution >= 4 is 16.9 Å². The van der Waals surface area contributed by atoms with E-state index in [0.717, 1.165) is 24.9 Å². The molecule has 1 fully saturated rings. The van der Waals surface area contributed by atoms with E-state index in [0.29, 0.717) is 25.0 Å². The first kappa shape index (κ1) is 24.0. The highest BCUT2D eigenvalue weighted by molar-refractivity contribution is 5.87. The Kier molecular flexibility index (Phi) is 6.96. The topological polar surface area (TPSA) is 66.6 Å². The zero-order valence-electron chi connectivity index (χ0n) is 21.2. The number of benzene rings is 2. The SMILES string of the molecule is COCCN[C@H]1C[C@@H]2c3[nH]c4ccccc4c3C[C@@H](C(=O)OC)N2[C@H](c2ccc(C(C)C)cc2)C1. The monoisotopic (exact) mass is 475 g/mol. The smallest absolute Gasteiger partial charge is 0.323 e. The van der Waals surface area contributed by atoms with Crippen LogP contribution in [0, 0.1) is 0 Å². The normalized spacial score (nSPS) is 24.4. The van der Waals surface area contributed by atoms with Crippen molar-refractivity contribution in [1.29, 1.82) is 0 Å². The number of carbonyl (C=O) groups excluding carboxylic acids is 1. The number of aromatic amines is 1. The highest BCUT2D eigenvalue weighted by Gasteiger charge is 2.48. The number of carbonyl (C=O) groups is 1. The second-order valence-corrected chi connectivity index (χ2v) is 10.2. The van der Waals surface area contributed by atoms with E-state index in [1.807, 2.05) is 0 Å². The van der Waals surface area contributed by atoms with Crippen LogP contribution in [-0.2, 0) is 20.7 Å². The number of nitrogens with one attached hydrogen (secondary N) is 2. The second-order valence-electron chi connectivity index (χ2n) is 10.2. The van der Waals surface area contributed by atoms with Crippen LogP contribution < -0.4 is 5.32 Å². The molecule has 6 heteroatoms. The van der Waals surface area contributed by atoms with Crippen molar-refractivity contribution in [1.82, 2.24) is 15.2 Å². The van der Waals surface area contributed by atoms with Crippen LogP contribution >= 0.6 is 0 Å². The Labute approximate surface area is 208 Å². The third-order valence-electron chi connectivity index (χ3n) is 7.87. The van der Waals surface area contributed by atoms with E-state index in [2.05, 4.69) is 77.6 Å². The number of methoxy groups -OCH3 is 2. The molecule has 2 aliphatic rings. The molecule has 2 aromatic carbocycles. The summed E-state index contributed by atoms with van der Waals surface area (Å²) in [6, 6.07) is 17.6. The maximum atomic E-state index is 13.2. The van der Waals surface area contributed by atoms with Crippen LogP contribution in [0.1, 0.15) is 67.1 Å². The fourth-order valence-electron chi connectivity index (χ4n) is 6.11. The molecule has 5 rings (SSSR count). The number of aromatic nitrogens is 1. The Morgan fingerprint density at radius 3 is 2.54 bits per heavy atom. The average molecular weight is 476 g/mol. The molecule has 6 nitrogen and oxygen atoms in total. The highest BCUT2D eigenvalue weighted by atomic mass is 16.5. The molecule has 4 atom stereocenters. The van der Waals surface area contributed by atoms with Crippen LogP contribution in [-0.4, -0.2) is 55.3 Å². The first-order chi connectivity index (χ1) is 17.0. The first-order valence-electron chi connectivity index (χ1n) is 12.8. The summed E-state index contributed by atoms with van der Waals surface area (Å²) in [4.78, 5) is 19.4. The summed E-state index contributed by atoms with van der Waals surface area (Å²) in [5.41, 5.74) is 6.22. The van der Waals surface area contributed by atoms with Gasteiger partial charge < -0.3 is 19.8 Å². The predicted octanol–water partition coefficient (Wildman–Crippen LogP) is 4.87. The molecule has 3 aromatic rings. The van der Waals surface area contributed by atoms with E-state index in [9.17, 15) is 4.79 Å². The van der Waals surface area contributed by atoms with Gasteiger partial charge in [0.05, 0.1) is 19.8 Å². The van der Waals surface area contributed by atoms with Crippen molar-refractivity contribution in [2.75, 3.05) is 27.4 Å². The van der Waals surface area contributed by atoms with Crippen LogP contribution in [0.2, 0.25) is 0 Å². The van der Waals surface area contributed by atoms with Crippen LogP contribution in [0.3, 0.4) is 0 Å². The number of fused-ring (bicyclic) bond motifs is 5. The number of esters is 1. The molecule has 186 valence electrons. The Morgan fingerprint density at radius 1 is 1.09 bits per heavy atom. The molecule has 2 N–H and O–H groups in total. The molecule has 35 heavy (non-hydrogen) atoms. The Balaban J connectivity index is 1.59. The van der Waals surface area contributed by atoms with Crippen molar-refractivity contribution in [2.45, 2.75) is 63.2 Å². The molecule has 1 saturated heterocycles. The lowest BCUT2D eigenvalue weighted by Crippen LogP contribution is -2.55. The van der Waals surface area contributed by atoms with Gasteiger partial charge in [0, 0.05) is 48.8 Å². The van der Waals surface area contributed by atoms with Crippen LogP contribution in [0.25, 0.3) is 10.9 Å². The molecule has 0 saturated carbocycles. The van der Waals surface area contributed by atoms with Gasteiger partial charge in [-0.2, -0.15) is 0 Å². The number of para-hydroxylation sites is 1. The molecular weight excluding hydrogens is 438 g/mol. The fraction of sp³-hybridized carbons (Fsp3) is 0.483. The van der Waals surface area contributed by atoms with Crippen molar-refractivity contribution in [3.63, 3.8) is 0 Å². The summed E-state index contributed by atoms with van der Waals surface area (Å²) >= 11 is 0. The van der Waals surface area contributed by atoms with Gasteiger partial charge in [0.1, 0.15) is 6.04 Å². The van der Waals surface area contributed by atoms with Gasteiger partial charge in [0.15, 0.2) is 0 Å². The van der Waals surface area contributed by atoms with E-state index in [-0.39, 0.29) is 24.1 Å². The molecule has 0 amide bonds. The Morgan fingerprint density at radius 2 is 1.83 bits per heavy atom. The van der Waals surface area contributed by atoms with Crippen LogP contribution in [0.4, 0.5) is 0 Å². The molecule has 0 radical (unpaired) electrons. The minimum atomic E-state index is -0.314. The van der Waals surface area contributed by atoms with Gasteiger partial charge in [-0.3, -0.25) is 9.69 Å². The van der Waals surface area contributed by atoms with E-state index < -0.39 is 0 Å². The highest BCUT2D eigenvalue weighted by Crippen LogP contribution is 2.48. The van der Waals surface area contributed by atoms with E-state index in [1.54, 1.807) is 7.11 Å². The summed E-state index contributed by atoms with van der Waals surface area (Å²) in [5.74, 6) is 0.332. The third-order valence-corrected chi connectivity index (χ3v) is 7.87. The molecule has 2 aliphatic heterocycles. The van der Waals surface area contributed by atoms with E-state index >= 15 is 0 Å². The summed E-state index contributed by atoms with van der Waals surface area (Å²) < 4.78 is 10.7. The number of piperidine rings is 1. The molecule has 0 spiro atoms. The Bertz CT molecular complexity index is 1170. The zero-order valence-corrected chi connectivity index (χ0v) is 21.2. The van der Waals surface area contributed by atoms with E-state index in [1.165, 1.54) is 34.9 Å². The molecule has 1 aromatic heterocycles. The standard InChI is InChI=1S/C29H37N3O3/c1-18(2)19-9-11-20(12-10-19)25-15-21(30-13-14-34-3)16-26-28-23(17-27(32(25)26)29(33)35-4)22-7-5-6-8-24(22)31-28/h5-12,18,21,25-27,30-31H,13-17H2,1-4H3/t21-,25+,26-,27+/m1/s1. The minimum Gasteiger partial charge on any atom is -0.468 e. The molecular formula is C29H37N3O3. The summed E-state index contributed by atoms with van der Waals surface area (Å²) in [6.45, 7) is 5.93. The summed E-state index contributed by atoms with van der Waals surface area (Å²) in [6.07, 6.45) is 2.52. The Hall–Kier alpha value is -2.67. The average Bonchev–Trinajstić information content (AvgIpc) is 3.26. The number of hydrogen-bond acceptors (Lipinski definition) is 5. The predicted molar refractivity (Wildman–Crippen MR) is 139 cm³/mol. The largest absolute Gasteiger partial charge is 0.468 e. The minimum absolute atomic E-state index is 0.0961. The second kappa shape index (κ2) is 10.1. The first-order valence-corrected chi connectivity index (χ1v) is 12.8. The van der Waals surface area contributed by atoms with Crippen LogP contribution in [0.15, 0.2) is 48.5 Å². The van der Waals surface area contributed by atoms with Crippen molar-refractivity contribution < 1.29 is 14.3 Å². The van der Waals surface area contributed by atoms with E-state index in [4.69, 9.17) is 9.47 Å². The lowest BCUT2D eigenvalue weighted by atomic mass is 9.79. The molecule has 0 bridgehead atoms. The van der Waals surface area contributed by atoms with Gasteiger partial charge in [0.25, 0.3) is 0 Å². The van der Waals surface area contributed by atoms with Crippen LogP contribution in [0.5, 0.6) is 0 Å². The number of H-pyrrole nitrogens is 1. The summed E-state index contributed by atoms with van der Waals surface area (Å²) in [7, 11) is 3.25. The lowest BCUT2D eigenvalue weighted by molar-refractivity contribution is -0.152. The molecule has 3 heterocycles. The number of ether oxygens (including phenoxy) is 2. The maximum absolute atomic E-state index is 13.2. The zero-order chi connectivity index (χ0) is 24.5.